The standard InChI is InChI=1S/C23H25N5O3/c1-13-7-6-8-17(14(13)2)27-22(29)20-15(3)26-23-24-12-25-28(23)21(20)16-9-10-18(30-4)19(11-16)31-5/h6-12,21H,1-5H3,(H,27,29)(H,24,25,26). The molecule has 1 unspecified atom stereocenters. The molecule has 1 atom stereocenters. The van der Waals surface area contributed by atoms with Crippen molar-refractivity contribution >= 4 is 17.5 Å². The number of benzene rings is 2. The highest BCUT2D eigenvalue weighted by Gasteiger charge is 2.34. The molecule has 1 amide bonds. The quantitative estimate of drug-likeness (QED) is 0.653. The Morgan fingerprint density at radius 2 is 1.87 bits per heavy atom. The average Bonchev–Trinajstić information content (AvgIpc) is 3.23. The third-order valence-electron chi connectivity index (χ3n) is 5.62. The second kappa shape index (κ2) is 8.14. The molecule has 1 aromatic heterocycles. The summed E-state index contributed by atoms with van der Waals surface area (Å²) < 4.78 is 12.6. The molecule has 2 N–H and O–H groups in total. The van der Waals surface area contributed by atoms with Gasteiger partial charge >= 0.3 is 0 Å². The summed E-state index contributed by atoms with van der Waals surface area (Å²) in [6.07, 6.45) is 1.47. The molecule has 8 nitrogen and oxygen atoms in total. The Morgan fingerprint density at radius 1 is 1.10 bits per heavy atom. The predicted octanol–water partition coefficient (Wildman–Crippen LogP) is 3.84. The van der Waals surface area contributed by atoms with Crippen LogP contribution in [0.3, 0.4) is 0 Å². The van der Waals surface area contributed by atoms with Gasteiger partial charge in [0.2, 0.25) is 5.95 Å². The van der Waals surface area contributed by atoms with E-state index in [0.717, 1.165) is 22.4 Å². The van der Waals surface area contributed by atoms with Crippen molar-refractivity contribution in [2.24, 2.45) is 0 Å². The largest absolute Gasteiger partial charge is 0.493 e. The van der Waals surface area contributed by atoms with Crippen LogP contribution in [-0.4, -0.2) is 34.9 Å². The molecule has 8 heteroatoms. The first kappa shape index (κ1) is 20.5. The van der Waals surface area contributed by atoms with Gasteiger partial charge in [-0.3, -0.25) is 4.79 Å². The van der Waals surface area contributed by atoms with E-state index in [9.17, 15) is 4.79 Å². The summed E-state index contributed by atoms with van der Waals surface area (Å²) in [6, 6.07) is 11.0. The Balaban J connectivity index is 1.80. The number of nitrogens with one attached hydrogen (secondary N) is 2. The van der Waals surface area contributed by atoms with Crippen molar-refractivity contribution < 1.29 is 14.3 Å². The maximum Gasteiger partial charge on any atom is 0.255 e. The molecule has 0 spiro atoms. The molecular formula is C23H25N5O3. The van der Waals surface area contributed by atoms with Gasteiger partial charge in [0.05, 0.1) is 19.8 Å². The summed E-state index contributed by atoms with van der Waals surface area (Å²) in [7, 11) is 3.17. The number of allylic oxidation sites excluding steroid dienone is 1. The van der Waals surface area contributed by atoms with Gasteiger partial charge in [-0.05, 0) is 55.7 Å². The lowest BCUT2D eigenvalue weighted by Gasteiger charge is -2.29. The molecule has 0 aliphatic carbocycles. The van der Waals surface area contributed by atoms with Crippen molar-refractivity contribution in [3.8, 4) is 11.5 Å². The summed E-state index contributed by atoms with van der Waals surface area (Å²) in [5.74, 6) is 1.55. The van der Waals surface area contributed by atoms with Gasteiger partial charge in [0, 0.05) is 11.4 Å². The first-order chi connectivity index (χ1) is 14.9. The number of anilines is 2. The van der Waals surface area contributed by atoms with E-state index in [1.54, 1.807) is 18.9 Å². The number of carbonyl (C=O) groups is 1. The lowest BCUT2D eigenvalue weighted by Crippen LogP contribution is -2.31. The number of aryl methyl sites for hydroxylation is 1. The lowest BCUT2D eigenvalue weighted by molar-refractivity contribution is -0.113. The zero-order valence-electron chi connectivity index (χ0n) is 18.2. The fraction of sp³-hybridized carbons (Fsp3) is 0.261. The van der Waals surface area contributed by atoms with Gasteiger partial charge in [0.1, 0.15) is 12.4 Å². The first-order valence-electron chi connectivity index (χ1n) is 9.91. The second-order valence-electron chi connectivity index (χ2n) is 7.41. The minimum absolute atomic E-state index is 0.209. The highest BCUT2D eigenvalue weighted by molar-refractivity contribution is 6.06. The van der Waals surface area contributed by atoms with Gasteiger partial charge in [-0.25, -0.2) is 4.68 Å². The van der Waals surface area contributed by atoms with E-state index in [-0.39, 0.29) is 5.91 Å². The fourth-order valence-electron chi connectivity index (χ4n) is 3.79. The van der Waals surface area contributed by atoms with Crippen LogP contribution in [0.2, 0.25) is 0 Å². The first-order valence-corrected chi connectivity index (χ1v) is 9.91. The van der Waals surface area contributed by atoms with Crippen LogP contribution in [0, 0.1) is 13.8 Å². The van der Waals surface area contributed by atoms with E-state index in [1.807, 2.05) is 57.2 Å². The SMILES string of the molecule is COc1ccc(C2C(C(=O)Nc3cccc(C)c3C)=C(C)Nc3ncnn32)cc1OC. The van der Waals surface area contributed by atoms with Crippen molar-refractivity contribution in [1.29, 1.82) is 0 Å². The van der Waals surface area contributed by atoms with Gasteiger partial charge < -0.3 is 20.1 Å². The summed E-state index contributed by atoms with van der Waals surface area (Å²) in [5, 5.41) is 10.6. The summed E-state index contributed by atoms with van der Waals surface area (Å²) >= 11 is 0. The van der Waals surface area contributed by atoms with E-state index in [4.69, 9.17) is 9.47 Å². The molecule has 2 aromatic carbocycles. The number of rotatable bonds is 5. The van der Waals surface area contributed by atoms with Crippen LogP contribution in [0.15, 0.2) is 54.0 Å². The number of hydrogen-bond donors (Lipinski definition) is 2. The topological polar surface area (TPSA) is 90.3 Å². The normalized spacial score (nSPS) is 15.2. The molecule has 0 bridgehead atoms. The van der Waals surface area contributed by atoms with Crippen LogP contribution in [0.25, 0.3) is 0 Å². The lowest BCUT2D eigenvalue weighted by atomic mass is 9.94. The Labute approximate surface area is 180 Å². The number of ether oxygens (including phenoxy) is 2. The smallest absolute Gasteiger partial charge is 0.255 e. The van der Waals surface area contributed by atoms with Gasteiger partial charge in [-0.2, -0.15) is 10.1 Å². The maximum absolute atomic E-state index is 13.5. The predicted molar refractivity (Wildman–Crippen MR) is 119 cm³/mol. The van der Waals surface area contributed by atoms with E-state index in [1.165, 1.54) is 6.33 Å². The number of methoxy groups -OCH3 is 2. The van der Waals surface area contributed by atoms with Gasteiger partial charge in [0.15, 0.2) is 11.5 Å². The molecule has 3 aromatic rings. The van der Waals surface area contributed by atoms with Crippen molar-refractivity contribution in [3.05, 3.63) is 70.7 Å². The van der Waals surface area contributed by atoms with E-state index in [0.29, 0.717) is 28.7 Å². The highest BCUT2D eigenvalue weighted by atomic mass is 16.5. The number of aromatic nitrogens is 3. The minimum atomic E-state index is -0.483. The van der Waals surface area contributed by atoms with Gasteiger partial charge in [-0.15, -0.1) is 0 Å². The van der Waals surface area contributed by atoms with Gasteiger partial charge in [0.25, 0.3) is 5.91 Å². The van der Waals surface area contributed by atoms with Crippen molar-refractivity contribution in [1.82, 2.24) is 14.8 Å². The molecule has 160 valence electrons. The van der Waals surface area contributed by atoms with Crippen molar-refractivity contribution in [3.63, 3.8) is 0 Å². The molecular weight excluding hydrogens is 394 g/mol. The van der Waals surface area contributed by atoms with Crippen LogP contribution in [0.1, 0.15) is 29.7 Å². The van der Waals surface area contributed by atoms with Gasteiger partial charge in [-0.1, -0.05) is 18.2 Å². The summed E-state index contributed by atoms with van der Waals surface area (Å²) in [6.45, 7) is 5.88. The van der Waals surface area contributed by atoms with Crippen LogP contribution in [0.5, 0.6) is 11.5 Å². The van der Waals surface area contributed by atoms with Crippen LogP contribution in [0.4, 0.5) is 11.6 Å². The number of fused-ring (bicyclic) bond motifs is 1. The number of hydrogen-bond acceptors (Lipinski definition) is 6. The molecule has 1 aliphatic rings. The third-order valence-corrected chi connectivity index (χ3v) is 5.62. The molecule has 1 aliphatic heterocycles. The molecule has 2 heterocycles. The van der Waals surface area contributed by atoms with Crippen molar-refractivity contribution in [2.75, 3.05) is 24.9 Å². The van der Waals surface area contributed by atoms with E-state index in [2.05, 4.69) is 20.7 Å². The summed E-state index contributed by atoms with van der Waals surface area (Å²) in [5.41, 5.74) is 5.01. The summed E-state index contributed by atoms with van der Waals surface area (Å²) in [4.78, 5) is 17.8. The fourth-order valence-corrected chi connectivity index (χ4v) is 3.79. The van der Waals surface area contributed by atoms with Crippen LogP contribution < -0.4 is 20.1 Å². The van der Waals surface area contributed by atoms with E-state index >= 15 is 0 Å². The van der Waals surface area contributed by atoms with E-state index < -0.39 is 6.04 Å². The molecule has 4 rings (SSSR count). The Kier molecular flexibility index (Phi) is 5.37. The Hall–Kier alpha value is -3.81. The zero-order valence-corrected chi connectivity index (χ0v) is 18.2. The highest BCUT2D eigenvalue weighted by Crippen LogP contribution is 2.38. The second-order valence-corrected chi connectivity index (χ2v) is 7.41. The van der Waals surface area contributed by atoms with Crippen LogP contribution >= 0.6 is 0 Å². The number of nitrogens with zero attached hydrogens (tertiary/aromatic N) is 3. The number of carbonyl (C=O) groups excluding carboxylic acids is 1. The van der Waals surface area contributed by atoms with Crippen molar-refractivity contribution in [2.45, 2.75) is 26.8 Å². The monoisotopic (exact) mass is 419 g/mol. The maximum atomic E-state index is 13.5. The third kappa shape index (κ3) is 3.61. The molecule has 0 saturated heterocycles. The van der Waals surface area contributed by atoms with Crippen LogP contribution in [-0.2, 0) is 4.79 Å². The number of amides is 1. The minimum Gasteiger partial charge on any atom is -0.493 e. The molecule has 0 saturated carbocycles. The molecule has 0 fully saturated rings. The molecule has 0 radical (unpaired) electrons. The Morgan fingerprint density at radius 3 is 2.61 bits per heavy atom. The average molecular weight is 419 g/mol. The Bertz CT molecular complexity index is 1180. The zero-order chi connectivity index (χ0) is 22.1. The molecule has 31 heavy (non-hydrogen) atoms.